The molecule has 0 bridgehead atoms. The largest absolute Gasteiger partial charge is 0.361 e. The number of nitrogens with one attached hydrogen (secondary N) is 1. The maximum absolute atomic E-state index is 11.2. The van der Waals surface area contributed by atoms with Gasteiger partial charge < -0.3 is 4.98 Å². The quantitative estimate of drug-likeness (QED) is 0.372. The molecule has 0 spiro atoms. The minimum atomic E-state index is -0.909. The van der Waals surface area contributed by atoms with Crippen molar-refractivity contribution in [1.82, 2.24) is 4.98 Å². The van der Waals surface area contributed by atoms with E-state index in [1.165, 1.54) is 27.8 Å². The van der Waals surface area contributed by atoms with Crippen LogP contribution in [-0.2, 0) is 22.0 Å². The first-order chi connectivity index (χ1) is 15.3. The van der Waals surface area contributed by atoms with Crippen LogP contribution in [-0.4, -0.2) is 21.2 Å². The van der Waals surface area contributed by atoms with Gasteiger partial charge in [0.25, 0.3) is 0 Å². The number of hydrogen-bond donors (Lipinski definition) is 1. The van der Waals surface area contributed by atoms with Crippen molar-refractivity contribution in [3.8, 4) is 11.8 Å². The zero-order valence-electron chi connectivity index (χ0n) is 18.8. The Kier molecular flexibility index (Phi) is 8.21. The lowest BCUT2D eigenvalue weighted by Gasteiger charge is -2.05. The summed E-state index contributed by atoms with van der Waals surface area (Å²) in [6, 6.07) is 20.1. The lowest BCUT2D eigenvalue weighted by atomic mass is 9.98. The minimum Gasteiger partial charge on any atom is -0.361 e. The predicted molar refractivity (Wildman–Crippen MR) is 136 cm³/mol. The van der Waals surface area contributed by atoms with Crippen LogP contribution < -0.4 is 0 Å². The number of aromatic nitrogens is 1. The van der Waals surface area contributed by atoms with Crippen molar-refractivity contribution in [2.24, 2.45) is 5.92 Å². The summed E-state index contributed by atoms with van der Waals surface area (Å²) in [5, 5.41) is 1.23. The monoisotopic (exact) mass is 461 g/mol. The van der Waals surface area contributed by atoms with Gasteiger partial charge in [-0.25, -0.2) is 0 Å². The van der Waals surface area contributed by atoms with Gasteiger partial charge in [0.2, 0.25) is 0 Å². The normalized spacial score (nSPS) is 12.2. The average Bonchev–Trinajstić information content (AvgIpc) is 3.41. The Morgan fingerprint density at radius 2 is 1.78 bits per heavy atom. The van der Waals surface area contributed by atoms with Crippen LogP contribution in [0.25, 0.3) is 10.9 Å². The van der Waals surface area contributed by atoms with Crippen LogP contribution in [0.5, 0.6) is 0 Å². The molecule has 0 aliphatic carbocycles. The van der Waals surface area contributed by atoms with Crippen molar-refractivity contribution in [2.45, 2.75) is 31.4 Å². The smallest absolute Gasteiger partial charge is 0.132 e. The van der Waals surface area contributed by atoms with E-state index < -0.39 is 10.8 Å². The van der Waals surface area contributed by atoms with E-state index in [0.717, 1.165) is 26.6 Å². The van der Waals surface area contributed by atoms with E-state index in [0.29, 0.717) is 0 Å². The summed E-state index contributed by atoms with van der Waals surface area (Å²) in [5.74, 6) is 6.54. The van der Waals surface area contributed by atoms with Gasteiger partial charge in [0.15, 0.2) is 0 Å². The number of benzene rings is 2. The molecule has 3 nitrogen and oxygen atoms in total. The van der Waals surface area contributed by atoms with E-state index in [9.17, 15) is 9.00 Å². The Morgan fingerprint density at radius 3 is 2.44 bits per heavy atom. The Balaban J connectivity index is 0.000000182. The van der Waals surface area contributed by atoms with Crippen molar-refractivity contribution in [3.05, 3.63) is 88.4 Å². The topological polar surface area (TPSA) is 49.9 Å². The standard InChI is InChI=1S/C14H12OS2.C13H15NO/c1-11-3-5-12(6-4-11)7-8-13-9-10-14(16-13)17(2)15;1-9(10(2)15)7-11-8-14-13-6-4-3-5-12(11)13/h3-6,9-10H,1-2H3;3-6,8-9,14H,7H2,1-2H3. The molecule has 0 amide bonds. The molecular formula is C27H27NO2S2. The molecule has 0 radical (unpaired) electrons. The number of rotatable bonds is 4. The summed E-state index contributed by atoms with van der Waals surface area (Å²) < 4.78 is 12.1. The van der Waals surface area contributed by atoms with Crippen LogP contribution in [0.15, 0.2) is 71.1 Å². The molecule has 0 fully saturated rings. The number of fused-ring (bicyclic) bond motifs is 1. The number of Topliss-reactive ketones (excluding diaryl/α,β-unsaturated/α-hetero) is 1. The highest BCUT2D eigenvalue weighted by atomic mass is 32.2. The Bertz CT molecular complexity index is 1290. The number of carbonyl (C=O) groups is 1. The molecule has 2 aromatic heterocycles. The third-order valence-electron chi connectivity index (χ3n) is 5.14. The van der Waals surface area contributed by atoms with Gasteiger partial charge in [-0.05, 0) is 56.2 Å². The zero-order chi connectivity index (χ0) is 23.1. The predicted octanol–water partition coefficient (Wildman–Crippen LogP) is 6.13. The Labute approximate surface area is 196 Å². The maximum atomic E-state index is 11.2. The summed E-state index contributed by atoms with van der Waals surface area (Å²) in [5.41, 5.74) is 4.61. The van der Waals surface area contributed by atoms with E-state index >= 15 is 0 Å². The first kappa shape index (κ1) is 23.7. The van der Waals surface area contributed by atoms with Crippen molar-refractivity contribution in [3.63, 3.8) is 0 Å². The molecule has 0 aliphatic heterocycles. The fraction of sp³-hybridized carbons (Fsp3) is 0.222. The SMILES string of the molecule is CC(=O)C(C)Cc1c[nH]c2ccccc12.Cc1ccc(C#Cc2ccc(S(C)=O)s2)cc1. The van der Waals surface area contributed by atoms with Gasteiger partial charge in [-0.1, -0.05) is 54.7 Å². The van der Waals surface area contributed by atoms with Crippen molar-refractivity contribution >= 4 is 38.8 Å². The summed E-state index contributed by atoms with van der Waals surface area (Å²) in [6.45, 7) is 5.68. The second kappa shape index (κ2) is 11.1. The van der Waals surface area contributed by atoms with Gasteiger partial charge in [-0.3, -0.25) is 9.00 Å². The van der Waals surface area contributed by atoms with Gasteiger partial charge in [0.1, 0.15) is 5.78 Å². The Hall–Kier alpha value is -2.94. The lowest BCUT2D eigenvalue weighted by molar-refractivity contribution is -0.120. The van der Waals surface area contributed by atoms with Crippen molar-refractivity contribution in [2.75, 3.05) is 6.26 Å². The Morgan fingerprint density at radius 1 is 1.06 bits per heavy atom. The van der Waals surface area contributed by atoms with Crippen LogP contribution in [0.1, 0.15) is 35.4 Å². The highest BCUT2D eigenvalue weighted by Gasteiger charge is 2.11. The summed E-state index contributed by atoms with van der Waals surface area (Å²) in [6.07, 6.45) is 4.51. The van der Waals surface area contributed by atoms with Gasteiger partial charge >= 0.3 is 0 Å². The fourth-order valence-corrected chi connectivity index (χ4v) is 4.68. The highest BCUT2D eigenvalue weighted by molar-refractivity contribution is 7.86. The van der Waals surface area contributed by atoms with E-state index in [4.69, 9.17) is 0 Å². The number of aromatic amines is 1. The van der Waals surface area contributed by atoms with Gasteiger partial charge in [0, 0.05) is 34.8 Å². The molecule has 2 atom stereocenters. The fourth-order valence-electron chi connectivity index (χ4n) is 3.09. The third kappa shape index (κ3) is 6.53. The number of carbonyl (C=O) groups excluding carboxylic acids is 1. The van der Waals surface area contributed by atoms with Crippen LogP contribution in [0, 0.1) is 24.7 Å². The first-order valence-corrected chi connectivity index (χ1v) is 12.8. The maximum Gasteiger partial charge on any atom is 0.132 e. The number of para-hydroxylation sites is 1. The molecule has 4 rings (SSSR count). The number of H-pyrrole nitrogens is 1. The zero-order valence-corrected chi connectivity index (χ0v) is 20.4. The molecule has 2 unspecified atom stereocenters. The van der Waals surface area contributed by atoms with E-state index in [-0.39, 0.29) is 11.7 Å². The minimum absolute atomic E-state index is 0.101. The second-order valence-electron chi connectivity index (χ2n) is 7.76. The van der Waals surface area contributed by atoms with Gasteiger partial charge in [-0.15, -0.1) is 11.3 Å². The summed E-state index contributed by atoms with van der Waals surface area (Å²) in [7, 11) is -0.909. The van der Waals surface area contributed by atoms with Crippen LogP contribution >= 0.6 is 11.3 Å². The number of aryl methyl sites for hydroxylation is 1. The third-order valence-corrected chi connectivity index (χ3v) is 7.59. The number of thiophene rings is 1. The summed E-state index contributed by atoms with van der Waals surface area (Å²) >= 11 is 1.49. The molecule has 0 saturated heterocycles. The van der Waals surface area contributed by atoms with E-state index in [2.05, 4.69) is 35.9 Å². The molecule has 32 heavy (non-hydrogen) atoms. The molecule has 0 aliphatic rings. The summed E-state index contributed by atoms with van der Waals surface area (Å²) in [4.78, 5) is 15.4. The van der Waals surface area contributed by atoms with Crippen LogP contribution in [0.4, 0.5) is 0 Å². The van der Waals surface area contributed by atoms with Crippen molar-refractivity contribution < 1.29 is 9.00 Å². The molecule has 5 heteroatoms. The molecule has 4 aromatic rings. The molecule has 0 saturated carbocycles. The number of ketones is 1. The molecule has 2 heterocycles. The first-order valence-electron chi connectivity index (χ1n) is 10.4. The lowest BCUT2D eigenvalue weighted by Crippen LogP contribution is -2.08. The van der Waals surface area contributed by atoms with Crippen LogP contribution in [0.3, 0.4) is 0 Å². The van der Waals surface area contributed by atoms with Crippen molar-refractivity contribution in [1.29, 1.82) is 0 Å². The van der Waals surface area contributed by atoms with E-state index in [1.54, 1.807) is 13.2 Å². The number of hydrogen-bond acceptors (Lipinski definition) is 3. The van der Waals surface area contributed by atoms with Gasteiger partial charge in [-0.2, -0.15) is 0 Å². The van der Waals surface area contributed by atoms with Crippen LogP contribution in [0.2, 0.25) is 0 Å². The molecular weight excluding hydrogens is 434 g/mol. The molecule has 164 valence electrons. The molecule has 1 N–H and O–H groups in total. The van der Waals surface area contributed by atoms with E-state index in [1.807, 2.05) is 61.7 Å². The molecule has 2 aromatic carbocycles. The highest BCUT2D eigenvalue weighted by Crippen LogP contribution is 2.21. The second-order valence-corrected chi connectivity index (χ2v) is 10.5. The average molecular weight is 462 g/mol. The van der Waals surface area contributed by atoms with Gasteiger partial charge in [0.05, 0.1) is 19.9 Å².